The molecule has 9 heteroatoms. The van der Waals surface area contributed by atoms with E-state index in [2.05, 4.69) is 14.5 Å². The molecule has 1 aromatic carbocycles. The van der Waals surface area contributed by atoms with Gasteiger partial charge in [0.25, 0.3) is 0 Å². The Kier molecular flexibility index (Phi) is 3.29. The van der Waals surface area contributed by atoms with E-state index in [1.165, 1.54) is 18.2 Å². The second kappa shape index (κ2) is 4.95. The summed E-state index contributed by atoms with van der Waals surface area (Å²) < 4.78 is 34.8. The molecular formula is C14H9ClF2N2O4. The van der Waals surface area contributed by atoms with Gasteiger partial charge in [0.15, 0.2) is 17.2 Å². The first-order chi connectivity index (χ1) is 10.7. The van der Waals surface area contributed by atoms with Crippen LogP contribution in [0.1, 0.15) is 16.1 Å². The summed E-state index contributed by atoms with van der Waals surface area (Å²) in [7, 11) is 0. The highest BCUT2D eigenvalue weighted by molar-refractivity contribution is 6.36. The molecule has 2 aromatic rings. The van der Waals surface area contributed by atoms with Gasteiger partial charge in [0.1, 0.15) is 0 Å². The van der Waals surface area contributed by atoms with Crippen LogP contribution in [-0.4, -0.2) is 22.4 Å². The first-order valence-corrected chi connectivity index (χ1v) is 6.66. The van der Waals surface area contributed by atoms with Gasteiger partial charge in [-0.1, -0.05) is 11.6 Å². The van der Waals surface area contributed by atoms with Crippen LogP contribution in [0.25, 0.3) is 11.3 Å². The first kappa shape index (κ1) is 15.3. The van der Waals surface area contributed by atoms with Crippen LogP contribution in [0.5, 0.6) is 11.5 Å². The van der Waals surface area contributed by atoms with Gasteiger partial charge in [0.05, 0.1) is 16.4 Å². The van der Waals surface area contributed by atoms with Crippen molar-refractivity contribution >= 4 is 23.3 Å². The van der Waals surface area contributed by atoms with Gasteiger partial charge in [0.2, 0.25) is 0 Å². The quantitative estimate of drug-likeness (QED) is 0.869. The van der Waals surface area contributed by atoms with Crippen LogP contribution in [0.3, 0.4) is 0 Å². The van der Waals surface area contributed by atoms with E-state index in [9.17, 15) is 13.6 Å². The molecule has 1 aliphatic rings. The van der Waals surface area contributed by atoms with Crippen molar-refractivity contribution in [2.24, 2.45) is 0 Å². The van der Waals surface area contributed by atoms with Crippen LogP contribution < -0.4 is 15.2 Å². The summed E-state index contributed by atoms with van der Waals surface area (Å²) in [5.74, 6) is -1.66. The zero-order valence-electron chi connectivity index (χ0n) is 11.6. The normalized spacial score (nSPS) is 14.8. The third-order valence-corrected chi connectivity index (χ3v) is 3.69. The third-order valence-electron chi connectivity index (χ3n) is 3.30. The average molecular weight is 343 g/mol. The summed E-state index contributed by atoms with van der Waals surface area (Å²) in [6.45, 7) is 1.59. The third kappa shape index (κ3) is 2.50. The second-order valence-electron chi connectivity index (χ2n) is 4.80. The lowest BCUT2D eigenvalue weighted by molar-refractivity contribution is -0.286. The molecule has 0 fully saturated rings. The fraction of sp³-hybridized carbons (Fsp3) is 0.143. The molecule has 2 heterocycles. The van der Waals surface area contributed by atoms with Crippen molar-refractivity contribution in [3.8, 4) is 22.8 Å². The van der Waals surface area contributed by atoms with Crippen molar-refractivity contribution < 1.29 is 28.2 Å². The minimum Gasteiger partial charge on any atom is -0.476 e. The topological polar surface area (TPSA) is 94.7 Å². The predicted octanol–water partition coefficient (Wildman–Crippen LogP) is 3.31. The van der Waals surface area contributed by atoms with Crippen molar-refractivity contribution in [1.82, 2.24) is 4.98 Å². The van der Waals surface area contributed by atoms with E-state index in [4.69, 9.17) is 22.4 Å². The highest BCUT2D eigenvalue weighted by atomic mass is 35.5. The molecule has 0 aliphatic carbocycles. The number of carbonyl (C=O) groups is 1. The molecule has 0 amide bonds. The van der Waals surface area contributed by atoms with Gasteiger partial charge in [-0.05, 0) is 30.7 Å². The maximum atomic E-state index is 13.1. The smallest absolute Gasteiger partial charge is 0.476 e. The van der Waals surface area contributed by atoms with E-state index >= 15 is 0 Å². The largest absolute Gasteiger partial charge is 0.586 e. The van der Waals surface area contributed by atoms with Crippen molar-refractivity contribution in [3.63, 3.8) is 0 Å². The Morgan fingerprint density at radius 2 is 2.00 bits per heavy atom. The van der Waals surface area contributed by atoms with E-state index in [1.54, 1.807) is 6.92 Å². The molecule has 0 saturated carbocycles. The minimum atomic E-state index is -3.74. The number of rotatable bonds is 2. The number of aromatic carboxylic acids is 1. The van der Waals surface area contributed by atoms with Crippen LogP contribution in [0.15, 0.2) is 18.2 Å². The summed E-state index contributed by atoms with van der Waals surface area (Å²) in [5, 5.41) is 8.95. The van der Waals surface area contributed by atoms with Crippen LogP contribution in [0.4, 0.5) is 14.5 Å². The van der Waals surface area contributed by atoms with Gasteiger partial charge in [-0.3, -0.25) is 0 Å². The predicted molar refractivity (Wildman–Crippen MR) is 77.0 cm³/mol. The number of hydrogen-bond donors (Lipinski definition) is 2. The number of alkyl halides is 2. The maximum absolute atomic E-state index is 13.1. The lowest BCUT2D eigenvalue weighted by Gasteiger charge is -2.12. The molecular weight excluding hydrogens is 334 g/mol. The van der Waals surface area contributed by atoms with E-state index in [1.807, 2.05) is 0 Å². The fourth-order valence-electron chi connectivity index (χ4n) is 2.18. The number of pyridine rings is 1. The zero-order valence-corrected chi connectivity index (χ0v) is 12.3. The molecule has 0 atom stereocenters. The van der Waals surface area contributed by atoms with Gasteiger partial charge in [-0.25, -0.2) is 9.78 Å². The number of aromatic nitrogens is 1. The molecule has 3 rings (SSSR count). The number of halogens is 3. The number of ether oxygens (including phenoxy) is 2. The Balaban J connectivity index is 2.16. The lowest BCUT2D eigenvalue weighted by Crippen LogP contribution is -2.25. The number of anilines is 1. The van der Waals surface area contributed by atoms with Crippen LogP contribution in [-0.2, 0) is 0 Å². The van der Waals surface area contributed by atoms with Crippen molar-refractivity contribution in [2.75, 3.05) is 5.73 Å². The Hall–Kier alpha value is -2.61. The lowest BCUT2D eigenvalue weighted by atomic mass is 10.0. The molecule has 3 N–H and O–H groups in total. The van der Waals surface area contributed by atoms with E-state index in [0.717, 1.165) is 0 Å². The Labute approximate surface area is 133 Å². The molecule has 120 valence electrons. The molecule has 1 aliphatic heterocycles. The molecule has 23 heavy (non-hydrogen) atoms. The van der Waals surface area contributed by atoms with E-state index < -0.39 is 18.0 Å². The molecule has 0 spiro atoms. The number of fused-ring (bicyclic) bond motifs is 1. The Morgan fingerprint density at radius 3 is 2.65 bits per heavy atom. The van der Waals surface area contributed by atoms with Crippen LogP contribution in [0, 0.1) is 6.92 Å². The number of carboxylic acid groups (broad SMARTS) is 1. The molecule has 1 aromatic heterocycles. The first-order valence-electron chi connectivity index (χ1n) is 6.29. The minimum absolute atomic E-state index is 0.0528. The summed E-state index contributed by atoms with van der Waals surface area (Å²) in [6.07, 6.45) is -3.74. The SMILES string of the molecule is Cc1c(-c2ccc3c(c2)OC(F)(F)O3)nc(C(=O)O)c(Cl)c1N. The van der Waals surface area contributed by atoms with Crippen molar-refractivity contribution in [3.05, 3.63) is 34.5 Å². The van der Waals surface area contributed by atoms with Crippen molar-refractivity contribution in [2.45, 2.75) is 13.2 Å². The summed E-state index contributed by atoms with van der Waals surface area (Å²) >= 11 is 5.87. The highest BCUT2D eigenvalue weighted by Gasteiger charge is 2.43. The molecule has 0 saturated heterocycles. The zero-order chi connectivity index (χ0) is 16.9. The Bertz CT molecular complexity index is 842. The van der Waals surface area contributed by atoms with Crippen molar-refractivity contribution in [1.29, 1.82) is 0 Å². The molecule has 0 radical (unpaired) electrons. The van der Waals surface area contributed by atoms with Gasteiger partial charge in [0, 0.05) is 5.56 Å². The number of hydrogen-bond acceptors (Lipinski definition) is 5. The van der Waals surface area contributed by atoms with Crippen LogP contribution in [0.2, 0.25) is 5.02 Å². The second-order valence-corrected chi connectivity index (χ2v) is 5.17. The fourth-order valence-corrected chi connectivity index (χ4v) is 2.45. The standard InChI is InChI=1S/C14H9ClF2N2O4/c1-5-10(18)9(15)12(13(20)21)19-11(5)6-2-3-7-8(4-6)23-14(16,17)22-7/h2-4H,1H3,(H2,18,19)(H,20,21). The monoisotopic (exact) mass is 342 g/mol. The van der Waals surface area contributed by atoms with E-state index in [-0.39, 0.29) is 27.9 Å². The van der Waals surface area contributed by atoms with E-state index in [0.29, 0.717) is 11.1 Å². The van der Waals surface area contributed by atoms with Crippen LogP contribution >= 0.6 is 11.6 Å². The number of benzene rings is 1. The highest BCUT2D eigenvalue weighted by Crippen LogP contribution is 2.43. The molecule has 0 unspecified atom stereocenters. The van der Waals surface area contributed by atoms with Gasteiger partial charge >= 0.3 is 12.3 Å². The van der Waals surface area contributed by atoms with Gasteiger partial charge in [-0.2, -0.15) is 0 Å². The van der Waals surface area contributed by atoms with Gasteiger partial charge in [-0.15, -0.1) is 8.78 Å². The number of nitrogen functional groups attached to an aromatic ring is 1. The number of nitrogens with zero attached hydrogens (tertiary/aromatic N) is 1. The number of nitrogens with two attached hydrogens (primary N) is 1. The summed E-state index contributed by atoms with van der Waals surface area (Å²) in [6, 6.07) is 3.99. The molecule has 6 nitrogen and oxygen atoms in total. The van der Waals surface area contributed by atoms with Gasteiger partial charge < -0.3 is 20.3 Å². The average Bonchev–Trinajstić information content (AvgIpc) is 2.77. The summed E-state index contributed by atoms with van der Waals surface area (Å²) in [4.78, 5) is 15.2. The number of carboxylic acids is 1. The maximum Gasteiger partial charge on any atom is 0.586 e. The molecule has 0 bridgehead atoms. The Morgan fingerprint density at radius 1 is 1.35 bits per heavy atom. The summed E-state index contributed by atoms with van der Waals surface area (Å²) in [5.41, 5.74) is 6.40.